The van der Waals surface area contributed by atoms with Crippen LogP contribution in [0.4, 0.5) is 0 Å². The van der Waals surface area contributed by atoms with Crippen LogP contribution in [0, 0.1) is 0 Å². The van der Waals surface area contributed by atoms with Gasteiger partial charge in [-0.2, -0.15) is 0 Å². The summed E-state index contributed by atoms with van der Waals surface area (Å²) in [5, 5.41) is 0. The van der Waals surface area contributed by atoms with Gasteiger partial charge in [0.25, 0.3) is 0 Å². The van der Waals surface area contributed by atoms with E-state index in [1.165, 1.54) is 0 Å². The van der Waals surface area contributed by atoms with Gasteiger partial charge in [0.1, 0.15) is 0 Å². The third-order valence-electron chi connectivity index (χ3n) is 0. The Hall–Kier alpha value is 2.00. The fourth-order valence-electron chi connectivity index (χ4n) is 0. The maximum atomic E-state index is 8.34. The summed E-state index contributed by atoms with van der Waals surface area (Å²) in [6.07, 6.45) is 0. The molecule has 0 aliphatic rings. The first-order chi connectivity index (χ1) is 1.00. The van der Waals surface area contributed by atoms with E-state index in [9.17, 15) is 0 Å². The minimum absolute atomic E-state index is 0. The van der Waals surface area contributed by atoms with Crippen molar-refractivity contribution in [1.29, 1.82) is 0 Å². The molecule has 0 aliphatic carbocycles. The van der Waals surface area contributed by atoms with E-state index in [4.69, 9.17) is 3.08 Å². The van der Waals surface area contributed by atoms with Gasteiger partial charge in [0.15, 0.2) is 0 Å². The monoisotopic (exact) mass is 234 g/mol. The predicted molar refractivity (Wildman–Crippen MR) is 24.9 cm³/mol. The van der Waals surface area contributed by atoms with Crippen molar-refractivity contribution >= 4 is 65.4 Å². The Morgan fingerprint density at radius 1 is 1.25 bits per heavy atom. The molecular weight excluding hydrogens is 229 g/mol. The Labute approximate surface area is 67.6 Å². The van der Waals surface area contributed by atoms with E-state index >= 15 is 0 Å². The van der Waals surface area contributed by atoms with Crippen LogP contribution in [0.1, 0.15) is 0 Å². The van der Waals surface area contributed by atoms with Gasteiger partial charge in [0, 0.05) is 0 Å². The van der Waals surface area contributed by atoms with E-state index in [2.05, 4.69) is 0 Å². The molecule has 0 saturated heterocycles. The SMILES string of the molecule is [GaH3].[MgH2].[O]=[Sn]. The predicted octanol–water partition coefficient (Wildman–Crippen LogP) is -2.60. The molecule has 0 rings (SSSR count). The second-order valence-electron chi connectivity index (χ2n) is 0. The molecule has 1 nitrogen and oxygen atoms in total. The van der Waals surface area contributed by atoms with Crippen LogP contribution in [-0.2, 0) is 3.08 Å². The molecule has 4 heteroatoms. The standard InChI is InChI=1S/Ga.Mg.O.Sn.5H. The minimum atomic E-state index is 0. The average Bonchev–Trinajstić information content (AvgIpc) is 1.00. The third kappa shape index (κ3) is 9.00. The maximum absolute atomic E-state index is 8.34. The van der Waals surface area contributed by atoms with Gasteiger partial charge in [0.05, 0.1) is 0 Å². The van der Waals surface area contributed by atoms with Gasteiger partial charge >= 0.3 is 68.4 Å². The Morgan fingerprint density at radius 2 is 1.25 bits per heavy atom. The van der Waals surface area contributed by atoms with Crippen LogP contribution in [-0.4, -0.2) is 65.4 Å². The van der Waals surface area contributed by atoms with Gasteiger partial charge in [-0.05, 0) is 0 Å². The van der Waals surface area contributed by atoms with E-state index in [1.54, 1.807) is 0 Å². The first kappa shape index (κ1) is 16.7. The van der Waals surface area contributed by atoms with Crippen molar-refractivity contribution in [1.82, 2.24) is 0 Å². The normalized spacial score (nSPS) is 1.00. The molecule has 0 saturated carbocycles. The molecule has 0 bridgehead atoms. The molecule has 2 radical (unpaired) electrons. The van der Waals surface area contributed by atoms with E-state index in [-0.39, 0.29) is 42.8 Å². The van der Waals surface area contributed by atoms with Gasteiger partial charge in [-0.25, -0.2) is 0 Å². The zero-order chi connectivity index (χ0) is 2.00. The van der Waals surface area contributed by atoms with Gasteiger partial charge in [-0.15, -0.1) is 0 Å². The molecule has 0 aromatic rings. The van der Waals surface area contributed by atoms with Crippen molar-refractivity contribution in [2.75, 3.05) is 0 Å². The van der Waals surface area contributed by atoms with Crippen LogP contribution < -0.4 is 0 Å². The van der Waals surface area contributed by atoms with Crippen molar-refractivity contribution in [2.45, 2.75) is 0 Å². The fraction of sp³-hybridized carbons (Fsp3) is 0. The van der Waals surface area contributed by atoms with Crippen molar-refractivity contribution < 1.29 is 3.08 Å². The zero-order valence-corrected chi connectivity index (χ0v) is 3.76. The summed E-state index contributed by atoms with van der Waals surface area (Å²) in [6.45, 7) is 0. The van der Waals surface area contributed by atoms with Crippen LogP contribution >= 0.6 is 0 Å². The van der Waals surface area contributed by atoms with Crippen LogP contribution in [0.3, 0.4) is 0 Å². The van der Waals surface area contributed by atoms with Crippen molar-refractivity contribution in [3.05, 3.63) is 0 Å². The average molecular weight is 234 g/mol. The Balaban J connectivity index is -0.00000000500. The van der Waals surface area contributed by atoms with Crippen molar-refractivity contribution in [2.24, 2.45) is 0 Å². The molecule has 0 aliphatic heterocycles. The Morgan fingerprint density at radius 3 is 1.25 bits per heavy atom. The molecule has 0 aromatic carbocycles. The van der Waals surface area contributed by atoms with Gasteiger partial charge < -0.3 is 0 Å². The second kappa shape index (κ2) is 20.0. The molecule has 0 fully saturated rings. The van der Waals surface area contributed by atoms with E-state index in [0.717, 1.165) is 0 Å². The molecule has 0 aromatic heterocycles. The first-order valence-electron chi connectivity index (χ1n) is 0.204. The van der Waals surface area contributed by atoms with Crippen molar-refractivity contribution in [3.8, 4) is 0 Å². The molecule has 0 atom stereocenters. The number of hydrogen-bond donors (Lipinski definition) is 0. The second-order valence-corrected chi connectivity index (χ2v) is 0. The number of hydrogen-bond acceptors (Lipinski definition) is 1. The Bertz CT molecular complexity index is 8.00. The van der Waals surface area contributed by atoms with Crippen LogP contribution in [0.5, 0.6) is 0 Å². The molecule has 4 heavy (non-hydrogen) atoms. The summed E-state index contributed by atoms with van der Waals surface area (Å²) in [5.41, 5.74) is 0. The molecule has 0 amide bonds. The molecule has 0 heterocycles. The topological polar surface area (TPSA) is 17.1 Å². The molecule has 0 N–H and O–H groups in total. The molecule has 0 spiro atoms. The van der Waals surface area contributed by atoms with Gasteiger partial charge in [0.2, 0.25) is 0 Å². The summed E-state index contributed by atoms with van der Waals surface area (Å²) in [6, 6.07) is 0. The molecule has 20 valence electrons. The van der Waals surface area contributed by atoms with Gasteiger partial charge in [-0.1, -0.05) is 0 Å². The van der Waals surface area contributed by atoms with E-state index < -0.39 is 0 Å². The number of rotatable bonds is 0. The van der Waals surface area contributed by atoms with E-state index in [1.807, 2.05) is 0 Å². The summed E-state index contributed by atoms with van der Waals surface area (Å²) < 4.78 is 8.34. The summed E-state index contributed by atoms with van der Waals surface area (Å²) >= 11 is 0.300. The summed E-state index contributed by atoms with van der Waals surface area (Å²) in [4.78, 5) is 0. The third-order valence-corrected chi connectivity index (χ3v) is 0. The first-order valence-corrected chi connectivity index (χ1v) is 1.37. The van der Waals surface area contributed by atoms with Crippen molar-refractivity contribution in [3.63, 3.8) is 0 Å². The molecular formula is H5GaMgOSn. The van der Waals surface area contributed by atoms with Crippen LogP contribution in [0.2, 0.25) is 0 Å². The van der Waals surface area contributed by atoms with Crippen LogP contribution in [0.15, 0.2) is 0 Å². The Kier molecular flexibility index (Phi) is 83.3. The summed E-state index contributed by atoms with van der Waals surface area (Å²) in [5.74, 6) is 0. The summed E-state index contributed by atoms with van der Waals surface area (Å²) in [7, 11) is 0. The fourth-order valence-corrected chi connectivity index (χ4v) is 0. The van der Waals surface area contributed by atoms with Gasteiger partial charge in [-0.3, -0.25) is 0 Å². The van der Waals surface area contributed by atoms with Crippen LogP contribution in [0.25, 0.3) is 0 Å². The van der Waals surface area contributed by atoms with E-state index in [0.29, 0.717) is 22.5 Å². The zero-order valence-electron chi connectivity index (χ0n) is 0.908. The quantitative estimate of drug-likeness (QED) is 0.420. The molecule has 0 unspecified atom stereocenters.